The maximum absolute atomic E-state index is 11.6. The zero-order valence-electron chi connectivity index (χ0n) is 9.17. The molecule has 0 bridgehead atoms. The standard InChI is InChI=1S/C11H10N2O4/c1-15-10(14)11(3-4-11)9-12-8(13-17-9)7-2-5-16-6-7/h2,5-6H,3-4H2,1H3. The Morgan fingerprint density at radius 2 is 2.35 bits per heavy atom. The van der Waals surface area contributed by atoms with Crippen molar-refractivity contribution < 1.29 is 18.5 Å². The smallest absolute Gasteiger partial charge is 0.321 e. The van der Waals surface area contributed by atoms with Crippen LogP contribution < -0.4 is 0 Å². The summed E-state index contributed by atoms with van der Waals surface area (Å²) in [5.74, 6) is 0.421. The third kappa shape index (κ3) is 1.44. The van der Waals surface area contributed by atoms with Crippen LogP contribution in [-0.2, 0) is 14.9 Å². The van der Waals surface area contributed by atoms with E-state index in [9.17, 15) is 4.79 Å². The van der Waals surface area contributed by atoms with Crippen molar-refractivity contribution >= 4 is 5.97 Å². The molecule has 1 saturated carbocycles. The van der Waals surface area contributed by atoms with Crippen LogP contribution in [0.25, 0.3) is 11.4 Å². The highest BCUT2D eigenvalue weighted by Crippen LogP contribution is 2.48. The van der Waals surface area contributed by atoms with Gasteiger partial charge in [0.2, 0.25) is 11.7 Å². The summed E-state index contributed by atoms with van der Waals surface area (Å²) in [6, 6.07) is 1.73. The number of hydrogen-bond acceptors (Lipinski definition) is 6. The van der Waals surface area contributed by atoms with Crippen LogP contribution in [0.3, 0.4) is 0 Å². The van der Waals surface area contributed by atoms with Crippen LogP contribution in [0.5, 0.6) is 0 Å². The SMILES string of the molecule is COC(=O)C1(c2nc(-c3ccoc3)no2)CC1. The molecule has 3 rings (SSSR count). The van der Waals surface area contributed by atoms with Gasteiger partial charge in [0.25, 0.3) is 0 Å². The molecule has 0 atom stereocenters. The van der Waals surface area contributed by atoms with Crippen LogP contribution in [0.2, 0.25) is 0 Å². The Bertz CT molecular complexity index is 540. The summed E-state index contributed by atoms with van der Waals surface area (Å²) in [7, 11) is 1.36. The number of esters is 1. The van der Waals surface area contributed by atoms with Gasteiger partial charge in [-0.15, -0.1) is 0 Å². The minimum Gasteiger partial charge on any atom is -0.472 e. The molecule has 0 aliphatic heterocycles. The third-order valence-electron chi connectivity index (χ3n) is 2.94. The second-order valence-electron chi connectivity index (χ2n) is 4.01. The first kappa shape index (κ1) is 10.1. The number of rotatable bonds is 3. The Morgan fingerprint density at radius 1 is 1.53 bits per heavy atom. The van der Waals surface area contributed by atoms with Gasteiger partial charge in [-0.05, 0) is 18.9 Å². The van der Waals surface area contributed by atoms with Crippen LogP contribution in [0.1, 0.15) is 18.7 Å². The minimum absolute atomic E-state index is 0.320. The molecule has 0 radical (unpaired) electrons. The summed E-state index contributed by atoms with van der Waals surface area (Å²) in [4.78, 5) is 15.8. The van der Waals surface area contributed by atoms with Crippen molar-refractivity contribution in [1.29, 1.82) is 0 Å². The van der Waals surface area contributed by atoms with Crippen molar-refractivity contribution in [3.05, 3.63) is 24.5 Å². The molecule has 6 heteroatoms. The number of methoxy groups -OCH3 is 1. The summed E-state index contributed by atoms with van der Waals surface area (Å²) >= 11 is 0. The number of carbonyl (C=O) groups excluding carboxylic acids is 1. The Balaban J connectivity index is 1.94. The molecule has 0 unspecified atom stereocenters. The monoisotopic (exact) mass is 234 g/mol. The molecule has 88 valence electrons. The fourth-order valence-electron chi connectivity index (χ4n) is 1.75. The van der Waals surface area contributed by atoms with Crippen LogP contribution in [0, 0.1) is 0 Å². The number of ether oxygens (including phenoxy) is 1. The average molecular weight is 234 g/mol. The van der Waals surface area contributed by atoms with Gasteiger partial charge < -0.3 is 13.7 Å². The lowest BCUT2D eigenvalue weighted by Crippen LogP contribution is -2.22. The third-order valence-corrected chi connectivity index (χ3v) is 2.94. The van der Waals surface area contributed by atoms with Crippen LogP contribution in [0.15, 0.2) is 27.5 Å². The Labute approximate surface area is 96.6 Å². The lowest BCUT2D eigenvalue weighted by Gasteiger charge is -2.05. The first-order chi connectivity index (χ1) is 8.26. The molecular weight excluding hydrogens is 224 g/mol. The predicted octanol–water partition coefficient (Wildman–Crippen LogP) is 1.53. The van der Waals surface area contributed by atoms with Gasteiger partial charge in [0.15, 0.2) is 0 Å². The largest absolute Gasteiger partial charge is 0.472 e. The molecule has 0 N–H and O–H groups in total. The van der Waals surface area contributed by atoms with Gasteiger partial charge in [-0.25, -0.2) is 0 Å². The first-order valence-corrected chi connectivity index (χ1v) is 5.21. The summed E-state index contributed by atoms with van der Waals surface area (Å²) in [5, 5.41) is 3.83. The first-order valence-electron chi connectivity index (χ1n) is 5.21. The lowest BCUT2D eigenvalue weighted by atomic mass is 10.1. The van der Waals surface area contributed by atoms with Gasteiger partial charge in [0, 0.05) is 0 Å². The second-order valence-corrected chi connectivity index (χ2v) is 4.01. The molecule has 6 nitrogen and oxygen atoms in total. The molecule has 2 aromatic rings. The number of furan rings is 1. The van der Waals surface area contributed by atoms with Crippen LogP contribution in [0.4, 0.5) is 0 Å². The molecule has 0 saturated heterocycles. The molecule has 1 fully saturated rings. The fourth-order valence-corrected chi connectivity index (χ4v) is 1.75. The fraction of sp³-hybridized carbons (Fsp3) is 0.364. The maximum atomic E-state index is 11.6. The normalized spacial score (nSPS) is 16.8. The number of hydrogen-bond donors (Lipinski definition) is 0. The highest BCUT2D eigenvalue weighted by molar-refractivity contribution is 5.85. The highest BCUT2D eigenvalue weighted by Gasteiger charge is 2.57. The molecule has 0 amide bonds. The van der Waals surface area contributed by atoms with Crippen molar-refractivity contribution in [2.24, 2.45) is 0 Å². The molecule has 1 aliphatic rings. The number of nitrogens with zero attached hydrogens (tertiary/aromatic N) is 2. The topological polar surface area (TPSA) is 78.4 Å². The Morgan fingerprint density at radius 3 is 2.94 bits per heavy atom. The van der Waals surface area contributed by atoms with E-state index in [-0.39, 0.29) is 5.97 Å². The Hall–Kier alpha value is -2.11. The maximum Gasteiger partial charge on any atom is 0.321 e. The van der Waals surface area contributed by atoms with E-state index in [4.69, 9.17) is 13.7 Å². The summed E-state index contributed by atoms with van der Waals surface area (Å²) in [6.45, 7) is 0. The number of carbonyl (C=O) groups is 1. The quantitative estimate of drug-likeness (QED) is 0.749. The van der Waals surface area contributed by atoms with Crippen LogP contribution in [-0.4, -0.2) is 23.2 Å². The van der Waals surface area contributed by atoms with Crippen molar-refractivity contribution in [1.82, 2.24) is 10.1 Å². The summed E-state index contributed by atoms with van der Waals surface area (Å²) < 4.78 is 14.8. The summed E-state index contributed by atoms with van der Waals surface area (Å²) in [6.07, 6.45) is 4.42. The van der Waals surface area contributed by atoms with E-state index in [0.717, 1.165) is 5.56 Å². The Kier molecular flexibility index (Phi) is 2.04. The zero-order valence-corrected chi connectivity index (χ0v) is 9.17. The highest BCUT2D eigenvalue weighted by atomic mass is 16.5. The molecule has 17 heavy (non-hydrogen) atoms. The van der Waals surface area contributed by atoms with Gasteiger partial charge in [-0.1, -0.05) is 5.16 Å². The van der Waals surface area contributed by atoms with Crippen molar-refractivity contribution in [2.45, 2.75) is 18.3 Å². The zero-order chi connectivity index (χ0) is 11.9. The van der Waals surface area contributed by atoms with E-state index < -0.39 is 5.41 Å². The van der Waals surface area contributed by atoms with Crippen molar-refractivity contribution in [3.8, 4) is 11.4 Å². The molecule has 2 aromatic heterocycles. The van der Waals surface area contributed by atoms with E-state index >= 15 is 0 Å². The molecule has 1 aliphatic carbocycles. The van der Waals surface area contributed by atoms with E-state index in [1.807, 2.05) is 0 Å². The van der Waals surface area contributed by atoms with Crippen molar-refractivity contribution in [2.75, 3.05) is 7.11 Å². The lowest BCUT2D eigenvalue weighted by molar-refractivity contribution is -0.144. The van der Waals surface area contributed by atoms with Crippen molar-refractivity contribution in [3.63, 3.8) is 0 Å². The van der Waals surface area contributed by atoms with Crippen LogP contribution >= 0.6 is 0 Å². The van der Waals surface area contributed by atoms with E-state index in [1.54, 1.807) is 6.07 Å². The van der Waals surface area contributed by atoms with E-state index in [0.29, 0.717) is 24.6 Å². The van der Waals surface area contributed by atoms with E-state index in [2.05, 4.69) is 10.1 Å². The molecular formula is C11H10N2O4. The van der Waals surface area contributed by atoms with Gasteiger partial charge in [-0.2, -0.15) is 4.98 Å². The van der Waals surface area contributed by atoms with E-state index in [1.165, 1.54) is 19.6 Å². The van der Waals surface area contributed by atoms with Gasteiger partial charge in [0.1, 0.15) is 11.7 Å². The second kappa shape index (κ2) is 3.44. The molecule has 0 aromatic carbocycles. The van der Waals surface area contributed by atoms with Gasteiger partial charge >= 0.3 is 5.97 Å². The predicted molar refractivity (Wildman–Crippen MR) is 54.9 cm³/mol. The average Bonchev–Trinajstić information content (AvgIpc) is 2.84. The summed E-state index contributed by atoms with van der Waals surface area (Å²) in [5.41, 5.74) is 0.00432. The minimum atomic E-state index is -0.719. The molecule has 0 spiro atoms. The van der Waals surface area contributed by atoms with Gasteiger partial charge in [-0.3, -0.25) is 4.79 Å². The molecule has 2 heterocycles. The van der Waals surface area contributed by atoms with Gasteiger partial charge in [0.05, 0.1) is 18.9 Å². The number of aromatic nitrogens is 2.